The van der Waals surface area contributed by atoms with E-state index in [4.69, 9.17) is 16.3 Å². The van der Waals surface area contributed by atoms with Crippen LogP contribution in [0.15, 0.2) is 41.4 Å². The molecule has 1 saturated heterocycles. The highest BCUT2D eigenvalue weighted by atomic mass is 35.5. The van der Waals surface area contributed by atoms with Crippen LogP contribution in [0.3, 0.4) is 0 Å². The SMILES string of the molecule is O=C(NC1=NCCN1)c1ccc(Nc2cccc(C(=O)N3CCOC(C(F)(F)F)C3)c2Cl)c(C2CC2)c1. The molecular weight excluding hydrogens is 511 g/mol. The molecule has 5 rings (SSSR count). The van der Waals surface area contributed by atoms with E-state index in [0.717, 1.165) is 29.0 Å². The first kappa shape index (κ1) is 25.3. The van der Waals surface area contributed by atoms with Crippen LogP contribution in [0.25, 0.3) is 0 Å². The zero-order valence-corrected chi connectivity index (χ0v) is 20.5. The quantitative estimate of drug-likeness (QED) is 0.537. The van der Waals surface area contributed by atoms with Gasteiger partial charge in [0, 0.05) is 24.3 Å². The van der Waals surface area contributed by atoms with Crippen molar-refractivity contribution in [1.29, 1.82) is 0 Å². The summed E-state index contributed by atoms with van der Waals surface area (Å²) in [7, 11) is 0. The van der Waals surface area contributed by atoms with Gasteiger partial charge in [0.15, 0.2) is 12.1 Å². The van der Waals surface area contributed by atoms with Crippen LogP contribution in [-0.2, 0) is 4.74 Å². The average Bonchev–Trinajstić information content (AvgIpc) is 3.60. The Balaban J connectivity index is 1.35. The number of ether oxygens (including phenoxy) is 1. The molecule has 12 heteroatoms. The van der Waals surface area contributed by atoms with Gasteiger partial charge in [-0.3, -0.25) is 19.9 Å². The van der Waals surface area contributed by atoms with Crippen LogP contribution in [0.5, 0.6) is 0 Å². The summed E-state index contributed by atoms with van der Waals surface area (Å²) in [5.41, 5.74) is 2.72. The molecule has 8 nitrogen and oxygen atoms in total. The molecule has 1 atom stereocenters. The Morgan fingerprint density at radius 1 is 1.16 bits per heavy atom. The zero-order chi connectivity index (χ0) is 26.2. The van der Waals surface area contributed by atoms with Crippen molar-refractivity contribution in [2.75, 3.05) is 38.1 Å². The summed E-state index contributed by atoms with van der Waals surface area (Å²) in [6.07, 6.45) is -4.62. The summed E-state index contributed by atoms with van der Waals surface area (Å²) >= 11 is 6.58. The highest BCUT2D eigenvalue weighted by Gasteiger charge is 2.44. The lowest BCUT2D eigenvalue weighted by Gasteiger charge is -2.34. The molecule has 2 aliphatic heterocycles. The number of halogens is 4. The monoisotopic (exact) mass is 535 g/mol. The Kier molecular flexibility index (Phi) is 7.00. The second-order valence-electron chi connectivity index (χ2n) is 9.13. The van der Waals surface area contributed by atoms with E-state index in [9.17, 15) is 22.8 Å². The zero-order valence-electron chi connectivity index (χ0n) is 19.7. The number of carbonyl (C=O) groups is 2. The number of morpholine rings is 1. The van der Waals surface area contributed by atoms with E-state index in [2.05, 4.69) is 20.9 Å². The molecular formula is C25H25ClF3N5O3. The number of nitrogens with zero attached hydrogens (tertiary/aromatic N) is 2. The van der Waals surface area contributed by atoms with Crippen molar-refractivity contribution in [3.05, 3.63) is 58.1 Å². The maximum atomic E-state index is 13.1. The molecule has 0 bridgehead atoms. The van der Waals surface area contributed by atoms with Gasteiger partial charge in [-0.1, -0.05) is 17.7 Å². The summed E-state index contributed by atoms with van der Waals surface area (Å²) in [5, 5.41) is 9.13. The van der Waals surface area contributed by atoms with Crippen molar-refractivity contribution in [3.8, 4) is 0 Å². The van der Waals surface area contributed by atoms with Crippen LogP contribution < -0.4 is 16.0 Å². The van der Waals surface area contributed by atoms with Crippen molar-refractivity contribution in [1.82, 2.24) is 15.5 Å². The first-order chi connectivity index (χ1) is 17.7. The third kappa shape index (κ3) is 5.67. The van der Waals surface area contributed by atoms with Gasteiger partial charge in [-0.25, -0.2) is 0 Å². The Morgan fingerprint density at radius 2 is 1.97 bits per heavy atom. The van der Waals surface area contributed by atoms with Crippen molar-refractivity contribution >= 4 is 40.7 Å². The number of alkyl halides is 3. The normalized spacial score (nSPS) is 19.7. The van der Waals surface area contributed by atoms with E-state index in [1.54, 1.807) is 24.3 Å². The molecule has 1 aliphatic carbocycles. The molecule has 196 valence electrons. The smallest absolute Gasteiger partial charge is 0.365 e. The van der Waals surface area contributed by atoms with Crippen LogP contribution in [-0.4, -0.2) is 67.7 Å². The lowest BCUT2D eigenvalue weighted by Crippen LogP contribution is -2.51. The average molecular weight is 536 g/mol. The van der Waals surface area contributed by atoms with Gasteiger partial charge in [-0.15, -0.1) is 0 Å². The van der Waals surface area contributed by atoms with Gasteiger partial charge in [-0.2, -0.15) is 13.2 Å². The highest BCUT2D eigenvalue weighted by molar-refractivity contribution is 6.36. The van der Waals surface area contributed by atoms with Crippen molar-refractivity contribution in [3.63, 3.8) is 0 Å². The number of guanidine groups is 1. The minimum absolute atomic E-state index is 0.0384. The van der Waals surface area contributed by atoms with E-state index in [-0.39, 0.29) is 35.6 Å². The lowest BCUT2D eigenvalue weighted by atomic mass is 10.0. The minimum atomic E-state index is -4.56. The molecule has 1 saturated carbocycles. The highest BCUT2D eigenvalue weighted by Crippen LogP contribution is 2.45. The molecule has 37 heavy (non-hydrogen) atoms. The number of rotatable bonds is 5. The molecule has 2 heterocycles. The molecule has 2 aromatic rings. The van der Waals surface area contributed by atoms with E-state index < -0.39 is 24.7 Å². The van der Waals surface area contributed by atoms with Crippen LogP contribution in [0.2, 0.25) is 5.02 Å². The standard InChI is InChI=1S/C25H25ClF3N5O3/c26-21-16(23(36)34-10-11-37-20(13-34)25(27,28)29)2-1-3-19(21)32-18-7-6-15(12-17(18)14-4-5-14)22(35)33-24-30-8-9-31-24/h1-3,6-7,12,14,20,32H,4-5,8-11,13H2,(H2,30,31,33,35). The number of amides is 2. The number of aliphatic imine (C=N–C) groups is 1. The fraction of sp³-hybridized carbons (Fsp3) is 0.400. The molecule has 1 unspecified atom stereocenters. The molecule has 0 aromatic heterocycles. The number of carbonyl (C=O) groups excluding carboxylic acids is 2. The number of hydrogen-bond donors (Lipinski definition) is 3. The van der Waals surface area contributed by atoms with Gasteiger partial charge in [-0.05, 0) is 54.7 Å². The van der Waals surface area contributed by atoms with Crippen molar-refractivity contribution in [2.45, 2.75) is 31.0 Å². The predicted octanol–water partition coefficient (Wildman–Crippen LogP) is 4.05. The van der Waals surface area contributed by atoms with Gasteiger partial charge in [0.25, 0.3) is 11.8 Å². The summed E-state index contributed by atoms with van der Waals surface area (Å²) in [5.74, 6) is -0.123. The molecule has 3 N–H and O–H groups in total. The van der Waals surface area contributed by atoms with E-state index in [1.807, 2.05) is 6.07 Å². The molecule has 3 aliphatic rings. The third-order valence-corrected chi connectivity index (χ3v) is 6.86. The number of benzene rings is 2. The molecule has 2 fully saturated rings. The van der Waals surface area contributed by atoms with Gasteiger partial charge >= 0.3 is 6.18 Å². The summed E-state index contributed by atoms with van der Waals surface area (Å²) in [4.78, 5) is 31.0. The summed E-state index contributed by atoms with van der Waals surface area (Å²) < 4.78 is 44.2. The van der Waals surface area contributed by atoms with Crippen LogP contribution >= 0.6 is 11.6 Å². The van der Waals surface area contributed by atoms with Crippen LogP contribution in [0.4, 0.5) is 24.5 Å². The minimum Gasteiger partial charge on any atom is -0.365 e. The number of nitrogens with one attached hydrogen (secondary N) is 3. The summed E-state index contributed by atoms with van der Waals surface area (Å²) in [6.45, 7) is 0.537. The summed E-state index contributed by atoms with van der Waals surface area (Å²) in [6, 6.07) is 10.1. The first-order valence-corrected chi connectivity index (χ1v) is 12.4. The Bertz CT molecular complexity index is 1250. The third-order valence-electron chi connectivity index (χ3n) is 6.45. The molecule has 2 amide bonds. The number of hydrogen-bond acceptors (Lipinski definition) is 6. The second kappa shape index (κ2) is 10.2. The predicted molar refractivity (Wildman–Crippen MR) is 133 cm³/mol. The van der Waals surface area contributed by atoms with E-state index >= 15 is 0 Å². The van der Waals surface area contributed by atoms with Gasteiger partial charge in [0.1, 0.15) is 0 Å². The Hall–Kier alpha value is -3.31. The maximum absolute atomic E-state index is 13.1. The van der Waals surface area contributed by atoms with Gasteiger partial charge in [0.2, 0.25) is 0 Å². The maximum Gasteiger partial charge on any atom is 0.416 e. The van der Waals surface area contributed by atoms with E-state index in [1.165, 1.54) is 6.07 Å². The Morgan fingerprint density at radius 3 is 2.68 bits per heavy atom. The van der Waals surface area contributed by atoms with E-state index in [0.29, 0.717) is 30.3 Å². The van der Waals surface area contributed by atoms with Crippen molar-refractivity contribution < 1.29 is 27.5 Å². The first-order valence-electron chi connectivity index (χ1n) is 12.0. The van der Waals surface area contributed by atoms with Crippen molar-refractivity contribution in [2.24, 2.45) is 4.99 Å². The number of anilines is 2. The van der Waals surface area contributed by atoms with Crippen LogP contribution in [0.1, 0.15) is 45.0 Å². The topological polar surface area (TPSA) is 95.1 Å². The van der Waals surface area contributed by atoms with Gasteiger partial charge in [0.05, 0.1) is 36.0 Å². The van der Waals surface area contributed by atoms with Gasteiger partial charge < -0.3 is 20.3 Å². The van der Waals surface area contributed by atoms with Crippen LogP contribution in [0, 0.1) is 0 Å². The molecule has 0 radical (unpaired) electrons. The molecule has 2 aromatic carbocycles. The lowest BCUT2D eigenvalue weighted by molar-refractivity contribution is -0.233. The second-order valence-corrected chi connectivity index (χ2v) is 9.51. The fourth-order valence-electron chi connectivity index (χ4n) is 4.35. The Labute approximate surface area is 216 Å². The fourth-order valence-corrected chi connectivity index (χ4v) is 4.61. The largest absolute Gasteiger partial charge is 0.416 e. The molecule has 0 spiro atoms.